The van der Waals surface area contributed by atoms with Crippen molar-refractivity contribution in [2.45, 2.75) is 13.0 Å². The van der Waals surface area contributed by atoms with E-state index in [1.165, 1.54) is 31.4 Å². The molecule has 0 fully saturated rings. The summed E-state index contributed by atoms with van der Waals surface area (Å²) in [5.74, 6) is -0.500. The van der Waals surface area contributed by atoms with Gasteiger partial charge >= 0.3 is 0 Å². The summed E-state index contributed by atoms with van der Waals surface area (Å²) in [5, 5.41) is 5.20. The van der Waals surface area contributed by atoms with Gasteiger partial charge in [-0.25, -0.2) is 4.39 Å². The number of benzene rings is 2. The van der Waals surface area contributed by atoms with Crippen LogP contribution in [0.15, 0.2) is 48.5 Å². The fourth-order valence-electron chi connectivity index (χ4n) is 1.87. The van der Waals surface area contributed by atoms with E-state index in [1.54, 1.807) is 31.2 Å². The average Bonchev–Trinajstić information content (AvgIpc) is 2.56. The van der Waals surface area contributed by atoms with E-state index < -0.39 is 11.9 Å². The van der Waals surface area contributed by atoms with E-state index in [-0.39, 0.29) is 11.7 Å². The van der Waals surface area contributed by atoms with E-state index in [0.717, 1.165) is 0 Å². The van der Waals surface area contributed by atoms with Gasteiger partial charge in [0.1, 0.15) is 17.6 Å². The molecule has 23 heavy (non-hydrogen) atoms. The molecule has 0 aliphatic carbocycles. The lowest BCUT2D eigenvalue weighted by atomic mass is 10.2. The van der Waals surface area contributed by atoms with Gasteiger partial charge in [0.25, 0.3) is 5.91 Å². The summed E-state index contributed by atoms with van der Waals surface area (Å²) < 4.78 is 17.8. The minimum Gasteiger partial charge on any atom is -0.497 e. The SMILES string of the molecule is COc1ccc(C(=O)N[C@H](C)C(=O)Nc2ccc(F)cc2)cc1. The van der Waals surface area contributed by atoms with Crippen LogP contribution in [0.4, 0.5) is 10.1 Å². The highest BCUT2D eigenvalue weighted by Crippen LogP contribution is 2.12. The Hall–Kier alpha value is -2.89. The number of amides is 2. The van der Waals surface area contributed by atoms with Crippen molar-refractivity contribution in [3.63, 3.8) is 0 Å². The molecular weight excluding hydrogens is 299 g/mol. The van der Waals surface area contributed by atoms with Crippen molar-refractivity contribution in [3.05, 3.63) is 59.9 Å². The van der Waals surface area contributed by atoms with Gasteiger partial charge in [0, 0.05) is 11.3 Å². The second kappa shape index (κ2) is 7.40. The van der Waals surface area contributed by atoms with Crippen LogP contribution in [0.2, 0.25) is 0 Å². The van der Waals surface area contributed by atoms with Crippen molar-refractivity contribution in [2.24, 2.45) is 0 Å². The Balaban J connectivity index is 1.94. The van der Waals surface area contributed by atoms with Gasteiger partial charge in [-0.2, -0.15) is 0 Å². The molecule has 120 valence electrons. The maximum atomic E-state index is 12.8. The molecule has 0 aliphatic rings. The second-order valence-electron chi connectivity index (χ2n) is 4.92. The summed E-state index contributed by atoms with van der Waals surface area (Å²) in [6.07, 6.45) is 0. The van der Waals surface area contributed by atoms with Gasteiger partial charge in [-0.1, -0.05) is 0 Å². The lowest BCUT2D eigenvalue weighted by Gasteiger charge is -2.14. The molecule has 1 atom stereocenters. The van der Waals surface area contributed by atoms with E-state index in [0.29, 0.717) is 17.0 Å². The van der Waals surface area contributed by atoms with Gasteiger partial charge in [-0.3, -0.25) is 9.59 Å². The Labute approximate surface area is 133 Å². The normalized spacial score (nSPS) is 11.4. The lowest BCUT2D eigenvalue weighted by Crippen LogP contribution is -2.41. The Kier molecular flexibility index (Phi) is 5.30. The van der Waals surface area contributed by atoms with Crippen LogP contribution < -0.4 is 15.4 Å². The number of carbonyl (C=O) groups excluding carboxylic acids is 2. The number of hydrogen-bond acceptors (Lipinski definition) is 3. The largest absolute Gasteiger partial charge is 0.497 e. The van der Waals surface area contributed by atoms with Crippen molar-refractivity contribution >= 4 is 17.5 Å². The number of rotatable bonds is 5. The Morgan fingerprint density at radius 2 is 1.65 bits per heavy atom. The third-order valence-electron chi connectivity index (χ3n) is 3.20. The summed E-state index contributed by atoms with van der Waals surface area (Å²) in [5.41, 5.74) is 0.883. The molecule has 0 unspecified atom stereocenters. The summed E-state index contributed by atoms with van der Waals surface area (Å²) in [6.45, 7) is 1.57. The van der Waals surface area contributed by atoms with E-state index in [9.17, 15) is 14.0 Å². The molecule has 2 amide bonds. The van der Waals surface area contributed by atoms with Gasteiger partial charge in [-0.05, 0) is 55.5 Å². The number of halogens is 1. The van der Waals surface area contributed by atoms with Gasteiger partial charge < -0.3 is 15.4 Å². The number of carbonyl (C=O) groups is 2. The molecule has 2 rings (SSSR count). The highest BCUT2D eigenvalue weighted by atomic mass is 19.1. The zero-order chi connectivity index (χ0) is 16.8. The number of nitrogens with one attached hydrogen (secondary N) is 2. The summed E-state index contributed by atoms with van der Waals surface area (Å²) in [7, 11) is 1.54. The van der Waals surface area contributed by atoms with E-state index in [1.807, 2.05) is 0 Å². The molecule has 0 aliphatic heterocycles. The van der Waals surface area contributed by atoms with Gasteiger partial charge in [0.15, 0.2) is 0 Å². The van der Waals surface area contributed by atoms with Crippen LogP contribution in [0.3, 0.4) is 0 Å². The maximum absolute atomic E-state index is 12.8. The molecule has 5 nitrogen and oxygen atoms in total. The van der Waals surface area contributed by atoms with Gasteiger partial charge in [-0.15, -0.1) is 0 Å². The smallest absolute Gasteiger partial charge is 0.251 e. The van der Waals surface area contributed by atoms with E-state index in [4.69, 9.17) is 4.74 Å². The second-order valence-corrected chi connectivity index (χ2v) is 4.92. The zero-order valence-corrected chi connectivity index (χ0v) is 12.8. The molecule has 0 bridgehead atoms. The number of hydrogen-bond donors (Lipinski definition) is 2. The molecule has 2 aromatic carbocycles. The Bertz CT molecular complexity index is 684. The van der Waals surface area contributed by atoms with Crippen molar-refractivity contribution in [1.82, 2.24) is 5.32 Å². The van der Waals surface area contributed by atoms with Crippen molar-refractivity contribution < 1.29 is 18.7 Å². The molecule has 0 spiro atoms. The monoisotopic (exact) mass is 316 g/mol. The van der Waals surface area contributed by atoms with Crippen LogP contribution in [-0.2, 0) is 4.79 Å². The number of ether oxygens (including phenoxy) is 1. The molecule has 2 aromatic rings. The van der Waals surface area contributed by atoms with E-state index in [2.05, 4.69) is 10.6 Å². The van der Waals surface area contributed by atoms with Crippen molar-refractivity contribution in [1.29, 1.82) is 0 Å². The first kappa shape index (κ1) is 16.5. The lowest BCUT2D eigenvalue weighted by molar-refractivity contribution is -0.117. The topological polar surface area (TPSA) is 67.4 Å². The van der Waals surface area contributed by atoms with Crippen LogP contribution in [0, 0.1) is 5.82 Å². The minimum absolute atomic E-state index is 0.366. The molecule has 0 saturated heterocycles. The van der Waals surface area contributed by atoms with E-state index >= 15 is 0 Å². The van der Waals surface area contributed by atoms with Crippen molar-refractivity contribution in [2.75, 3.05) is 12.4 Å². The zero-order valence-electron chi connectivity index (χ0n) is 12.8. The summed E-state index contributed by atoms with van der Waals surface area (Å²) >= 11 is 0. The highest BCUT2D eigenvalue weighted by Gasteiger charge is 2.16. The van der Waals surface area contributed by atoms with Crippen LogP contribution >= 0.6 is 0 Å². The molecule has 0 aromatic heterocycles. The first-order valence-electron chi connectivity index (χ1n) is 7.01. The van der Waals surface area contributed by atoms with Crippen LogP contribution in [-0.4, -0.2) is 25.0 Å². The fourth-order valence-corrected chi connectivity index (χ4v) is 1.87. The molecule has 0 heterocycles. The minimum atomic E-state index is -0.741. The Morgan fingerprint density at radius 1 is 1.04 bits per heavy atom. The van der Waals surface area contributed by atoms with Crippen molar-refractivity contribution in [3.8, 4) is 5.75 Å². The molecule has 2 N–H and O–H groups in total. The third kappa shape index (κ3) is 4.54. The van der Waals surface area contributed by atoms with Crippen LogP contribution in [0.5, 0.6) is 5.75 Å². The Morgan fingerprint density at radius 3 is 2.22 bits per heavy atom. The first-order chi connectivity index (χ1) is 11.0. The molecule has 0 saturated carbocycles. The van der Waals surface area contributed by atoms with Crippen LogP contribution in [0.25, 0.3) is 0 Å². The van der Waals surface area contributed by atoms with Gasteiger partial charge in [0.2, 0.25) is 5.91 Å². The molecule has 6 heteroatoms. The molecule has 0 radical (unpaired) electrons. The fraction of sp³-hybridized carbons (Fsp3) is 0.176. The maximum Gasteiger partial charge on any atom is 0.251 e. The predicted octanol–water partition coefficient (Wildman–Crippen LogP) is 2.59. The standard InChI is InChI=1S/C17H17FN2O3/c1-11(16(21)20-14-7-5-13(18)6-8-14)19-17(22)12-3-9-15(23-2)10-4-12/h3-11H,1-2H3,(H,19,22)(H,20,21)/t11-/m1/s1. The van der Waals surface area contributed by atoms with Crippen LogP contribution in [0.1, 0.15) is 17.3 Å². The summed E-state index contributed by atoms with van der Waals surface area (Å²) in [4.78, 5) is 24.1. The molecular formula is C17H17FN2O3. The van der Waals surface area contributed by atoms with Gasteiger partial charge in [0.05, 0.1) is 7.11 Å². The number of methoxy groups -OCH3 is 1. The average molecular weight is 316 g/mol. The highest BCUT2D eigenvalue weighted by molar-refractivity contribution is 6.00. The number of anilines is 1. The third-order valence-corrected chi connectivity index (χ3v) is 3.20. The summed E-state index contributed by atoms with van der Waals surface area (Å²) in [6, 6.07) is 11.2. The predicted molar refractivity (Wildman–Crippen MR) is 85.0 cm³/mol. The first-order valence-corrected chi connectivity index (χ1v) is 7.01. The quantitative estimate of drug-likeness (QED) is 0.891.